The molecule has 172 valence electrons. The number of sulfone groups is 1. The molecular weight excluding hydrogens is 442 g/mol. The summed E-state index contributed by atoms with van der Waals surface area (Å²) in [7, 11) is -3.29. The molecule has 1 aliphatic heterocycles. The van der Waals surface area contributed by atoms with Gasteiger partial charge in [0, 0.05) is 31.6 Å². The maximum absolute atomic E-state index is 12.5. The number of benzene rings is 1. The van der Waals surface area contributed by atoms with Crippen molar-refractivity contribution < 1.29 is 12.8 Å². The fourth-order valence-electron chi connectivity index (χ4n) is 5.17. The highest BCUT2D eigenvalue weighted by Crippen LogP contribution is 2.33. The summed E-state index contributed by atoms with van der Waals surface area (Å²) >= 11 is 1.59. The predicted molar refractivity (Wildman–Crippen MR) is 129 cm³/mol. The number of rotatable bonds is 7. The van der Waals surface area contributed by atoms with Crippen LogP contribution in [-0.4, -0.2) is 56.2 Å². The number of furan rings is 1. The molecule has 1 saturated carbocycles. The van der Waals surface area contributed by atoms with Gasteiger partial charge in [-0.2, -0.15) is 4.37 Å². The van der Waals surface area contributed by atoms with Gasteiger partial charge >= 0.3 is 0 Å². The van der Waals surface area contributed by atoms with E-state index in [4.69, 9.17) is 8.79 Å². The second-order valence-electron chi connectivity index (χ2n) is 9.22. The Kier molecular flexibility index (Phi) is 6.53. The molecule has 0 spiro atoms. The van der Waals surface area contributed by atoms with E-state index in [0.29, 0.717) is 0 Å². The number of anilines is 1. The van der Waals surface area contributed by atoms with Gasteiger partial charge < -0.3 is 9.32 Å². The third-order valence-electron chi connectivity index (χ3n) is 7.11. The summed E-state index contributed by atoms with van der Waals surface area (Å²) in [6, 6.07) is 11.7. The van der Waals surface area contributed by atoms with Gasteiger partial charge in [-0.25, -0.2) is 8.42 Å². The van der Waals surface area contributed by atoms with Gasteiger partial charge in [-0.15, -0.1) is 0 Å². The molecule has 0 amide bonds. The molecule has 3 aromatic rings. The highest BCUT2D eigenvalue weighted by molar-refractivity contribution is 7.91. The van der Waals surface area contributed by atoms with Crippen LogP contribution in [-0.2, 0) is 9.84 Å². The third-order valence-corrected chi connectivity index (χ3v) is 9.68. The summed E-state index contributed by atoms with van der Waals surface area (Å²) in [5.74, 6) is 2.35. The van der Waals surface area contributed by atoms with Crippen molar-refractivity contribution in [3.8, 4) is 0 Å². The van der Waals surface area contributed by atoms with Crippen LogP contribution in [0.15, 0.2) is 52.2 Å². The quantitative estimate of drug-likeness (QED) is 0.496. The van der Waals surface area contributed by atoms with Crippen molar-refractivity contribution in [2.75, 3.05) is 43.4 Å². The molecule has 6 nitrogen and oxygen atoms in total. The van der Waals surface area contributed by atoms with Crippen molar-refractivity contribution in [2.45, 2.75) is 37.2 Å². The van der Waals surface area contributed by atoms with Crippen LogP contribution in [0.5, 0.6) is 0 Å². The standard InChI is InChI=1S/C24H31N3O3S2/c28-32(29,23-6-3-17-30-23)18-20-9-7-19(8-10-20)11-12-26-13-15-27(16-14-26)24-21-4-1-2-5-22(21)31-25-24/h1-6,17,19-20H,7-16,18H2. The van der Waals surface area contributed by atoms with Crippen LogP contribution >= 0.6 is 11.5 Å². The van der Waals surface area contributed by atoms with Crippen LogP contribution < -0.4 is 4.90 Å². The summed E-state index contributed by atoms with van der Waals surface area (Å²) in [4.78, 5) is 5.01. The van der Waals surface area contributed by atoms with Crippen LogP contribution in [0.4, 0.5) is 5.82 Å². The Hall–Kier alpha value is -1.90. The molecule has 32 heavy (non-hydrogen) atoms. The van der Waals surface area contributed by atoms with Crippen LogP contribution in [0, 0.1) is 11.8 Å². The minimum absolute atomic E-state index is 0.115. The van der Waals surface area contributed by atoms with Gasteiger partial charge in [-0.1, -0.05) is 25.0 Å². The first-order valence-corrected chi connectivity index (χ1v) is 14.1. The minimum atomic E-state index is -3.29. The first-order chi connectivity index (χ1) is 15.6. The van der Waals surface area contributed by atoms with Crippen LogP contribution in [0.25, 0.3) is 10.1 Å². The van der Waals surface area contributed by atoms with Crippen LogP contribution in [0.3, 0.4) is 0 Å². The van der Waals surface area contributed by atoms with E-state index in [2.05, 4.69) is 34.1 Å². The Labute approximate surface area is 194 Å². The lowest BCUT2D eigenvalue weighted by Crippen LogP contribution is -2.47. The van der Waals surface area contributed by atoms with E-state index in [0.717, 1.165) is 70.1 Å². The molecule has 2 fully saturated rings. The Bertz CT molecular complexity index is 1110. The predicted octanol–water partition coefficient (Wildman–Crippen LogP) is 4.68. The summed E-state index contributed by atoms with van der Waals surface area (Å²) < 4.78 is 36.0. The third kappa shape index (κ3) is 4.87. The normalized spacial score (nSPS) is 23.1. The second kappa shape index (κ2) is 9.53. The maximum Gasteiger partial charge on any atom is 0.217 e. The maximum atomic E-state index is 12.5. The lowest BCUT2D eigenvalue weighted by molar-refractivity contribution is 0.208. The van der Waals surface area contributed by atoms with Crippen molar-refractivity contribution in [3.63, 3.8) is 0 Å². The molecule has 0 unspecified atom stereocenters. The number of aromatic nitrogens is 1. The lowest BCUT2D eigenvalue weighted by Gasteiger charge is -2.36. The smallest absolute Gasteiger partial charge is 0.217 e. The average Bonchev–Trinajstić information content (AvgIpc) is 3.50. The van der Waals surface area contributed by atoms with Crippen molar-refractivity contribution in [1.82, 2.24) is 9.27 Å². The molecule has 1 aliphatic carbocycles. The van der Waals surface area contributed by atoms with Gasteiger partial charge in [-0.05, 0) is 73.4 Å². The van der Waals surface area contributed by atoms with Gasteiger partial charge in [0.25, 0.3) is 0 Å². The van der Waals surface area contributed by atoms with Crippen LogP contribution in [0.2, 0.25) is 0 Å². The zero-order valence-corrected chi connectivity index (χ0v) is 20.0. The average molecular weight is 474 g/mol. The highest BCUT2D eigenvalue weighted by atomic mass is 32.2. The van der Waals surface area contributed by atoms with Gasteiger partial charge in [0.1, 0.15) is 5.82 Å². The molecule has 8 heteroatoms. The largest absolute Gasteiger partial charge is 0.453 e. The van der Waals surface area contributed by atoms with E-state index in [1.165, 1.54) is 22.8 Å². The lowest BCUT2D eigenvalue weighted by atomic mass is 9.81. The molecule has 2 aliphatic rings. The number of hydrogen-bond donors (Lipinski definition) is 0. The van der Waals surface area contributed by atoms with Crippen molar-refractivity contribution >= 4 is 37.3 Å². The van der Waals surface area contributed by atoms with Crippen molar-refractivity contribution in [2.24, 2.45) is 11.8 Å². The molecule has 0 radical (unpaired) electrons. The monoisotopic (exact) mass is 473 g/mol. The first-order valence-electron chi connectivity index (χ1n) is 11.7. The zero-order chi connectivity index (χ0) is 22.0. The van der Waals surface area contributed by atoms with Gasteiger partial charge in [0.2, 0.25) is 14.9 Å². The zero-order valence-electron chi connectivity index (χ0n) is 18.4. The number of piperazine rings is 1. The first kappa shape index (κ1) is 21.9. The topological polar surface area (TPSA) is 66.7 Å². The molecular formula is C24H31N3O3S2. The number of fused-ring (bicyclic) bond motifs is 1. The van der Waals surface area contributed by atoms with Crippen molar-refractivity contribution in [1.29, 1.82) is 0 Å². The van der Waals surface area contributed by atoms with E-state index in [1.807, 2.05) is 0 Å². The van der Waals surface area contributed by atoms with Crippen molar-refractivity contribution in [3.05, 3.63) is 42.7 Å². The van der Waals surface area contributed by atoms with Gasteiger partial charge in [0.15, 0.2) is 0 Å². The van der Waals surface area contributed by atoms with E-state index < -0.39 is 9.84 Å². The Morgan fingerprint density at radius 3 is 2.47 bits per heavy atom. The molecule has 2 aromatic heterocycles. The molecule has 0 atom stereocenters. The van der Waals surface area contributed by atoms with E-state index >= 15 is 0 Å². The molecule has 1 saturated heterocycles. The highest BCUT2D eigenvalue weighted by Gasteiger charge is 2.28. The van der Waals surface area contributed by atoms with Crippen LogP contribution in [0.1, 0.15) is 32.1 Å². The second-order valence-corrected chi connectivity index (χ2v) is 12.0. The summed E-state index contributed by atoms with van der Waals surface area (Å²) in [6.07, 6.45) is 6.96. The Balaban J connectivity index is 1.04. The van der Waals surface area contributed by atoms with Gasteiger partial charge in [0.05, 0.1) is 16.7 Å². The molecule has 5 rings (SSSR count). The molecule has 3 heterocycles. The molecule has 0 bridgehead atoms. The minimum Gasteiger partial charge on any atom is -0.453 e. The summed E-state index contributed by atoms with van der Waals surface area (Å²) in [6.45, 7) is 5.38. The summed E-state index contributed by atoms with van der Waals surface area (Å²) in [5.41, 5.74) is 0. The molecule has 1 aromatic carbocycles. The number of hydrogen-bond acceptors (Lipinski definition) is 7. The number of nitrogens with zero attached hydrogens (tertiary/aromatic N) is 3. The Morgan fingerprint density at radius 2 is 1.72 bits per heavy atom. The summed E-state index contributed by atoms with van der Waals surface area (Å²) in [5, 5.41) is 1.39. The Morgan fingerprint density at radius 1 is 0.969 bits per heavy atom. The SMILES string of the molecule is O=S(=O)(CC1CCC(CCN2CCN(c3nsc4ccccc34)CC2)CC1)c1ccco1. The fourth-order valence-corrected chi connectivity index (χ4v) is 7.57. The van der Waals surface area contributed by atoms with E-state index in [-0.39, 0.29) is 16.8 Å². The molecule has 0 N–H and O–H groups in total. The van der Waals surface area contributed by atoms with E-state index in [9.17, 15) is 8.42 Å². The fraction of sp³-hybridized carbons (Fsp3) is 0.542. The van der Waals surface area contributed by atoms with Gasteiger partial charge in [-0.3, -0.25) is 4.90 Å². The van der Waals surface area contributed by atoms with E-state index in [1.54, 1.807) is 23.7 Å².